The summed E-state index contributed by atoms with van der Waals surface area (Å²) in [4.78, 5) is 11.3. The second-order valence-corrected chi connectivity index (χ2v) is 6.11. The molecule has 0 spiro atoms. The highest BCUT2D eigenvalue weighted by Crippen LogP contribution is 2.22. The van der Waals surface area contributed by atoms with Crippen LogP contribution in [-0.4, -0.2) is 20.9 Å². The average Bonchev–Trinajstić information content (AvgIpc) is 2.76. The Morgan fingerprint density at radius 1 is 1.25 bits per heavy atom. The molecule has 2 rings (SSSR count). The van der Waals surface area contributed by atoms with E-state index in [9.17, 15) is 9.90 Å². The van der Waals surface area contributed by atoms with Crippen molar-refractivity contribution < 1.29 is 9.90 Å². The maximum Gasteiger partial charge on any atom is 0.354 e. The summed E-state index contributed by atoms with van der Waals surface area (Å²) in [7, 11) is 0. The molecule has 0 radical (unpaired) electrons. The molecule has 1 heterocycles. The molecule has 0 aliphatic carbocycles. The highest BCUT2D eigenvalue weighted by Gasteiger charge is 2.22. The van der Waals surface area contributed by atoms with E-state index in [1.165, 1.54) is 5.56 Å². The van der Waals surface area contributed by atoms with E-state index in [2.05, 4.69) is 5.10 Å². The number of nitrogens with zero attached hydrogens (tertiary/aromatic N) is 2. The zero-order chi connectivity index (χ0) is 14.9. The predicted molar refractivity (Wildman–Crippen MR) is 78.2 cm³/mol. The quantitative estimate of drug-likeness (QED) is 0.933. The molecule has 1 N–H and O–H groups in total. The van der Waals surface area contributed by atoms with Crippen molar-refractivity contribution in [2.24, 2.45) is 0 Å². The molecule has 2 aromatic rings. The number of hydrogen-bond acceptors (Lipinski definition) is 2. The second-order valence-electron chi connectivity index (χ2n) is 6.11. The largest absolute Gasteiger partial charge is 0.477 e. The van der Waals surface area contributed by atoms with Crippen LogP contribution in [-0.2, 0) is 12.0 Å². The predicted octanol–water partition coefficient (Wildman–Crippen LogP) is 3.24. The number of carboxylic acids is 1. The van der Waals surface area contributed by atoms with Gasteiger partial charge in [0, 0.05) is 5.41 Å². The first kappa shape index (κ1) is 14.3. The lowest BCUT2D eigenvalue weighted by Crippen LogP contribution is -2.14. The van der Waals surface area contributed by atoms with Gasteiger partial charge in [0.1, 0.15) is 5.69 Å². The smallest absolute Gasteiger partial charge is 0.354 e. The van der Waals surface area contributed by atoms with Gasteiger partial charge in [0.05, 0.1) is 12.2 Å². The Morgan fingerprint density at radius 3 is 2.35 bits per heavy atom. The number of benzene rings is 1. The Bertz CT molecular complexity index is 619. The van der Waals surface area contributed by atoms with Crippen molar-refractivity contribution in [2.45, 2.75) is 39.7 Å². The van der Waals surface area contributed by atoms with Gasteiger partial charge in [-0.1, -0.05) is 50.6 Å². The summed E-state index contributed by atoms with van der Waals surface area (Å²) in [6.07, 6.45) is 0. The van der Waals surface area contributed by atoms with Crippen LogP contribution in [0.5, 0.6) is 0 Å². The monoisotopic (exact) mass is 272 g/mol. The third kappa shape index (κ3) is 3.07. The summed E-state index contributed by atoms with van der Waals surface area (Å²) in [5, 5.41) is 13.8. The Hall–Kier alpha value is -2.10. The first-order valence-electron chi connectivity index (χ1n) is 6.64. The van der Waals surface area contributed by atoms with Gasteiger partial charge >= 0.3 is 5.97 Å². The number of hydrogen-bond donors (Lipinski definition) is 1. The van der Waals surface area contributed by atoms with Gasteiger partial charge in [-0.3, -0.25) is 4.68 Å². The molecule has 1 aromatic carbocycles. The minimum absolute atomic E-state index is 0.164. The summed E-state index contributed by atoms with van der Waals surface area (Å²) in [6, 6.07) is 9.70. The molecule has 0 bridgehead atoms. The number of aromatic carboxylic acids is 1. The maximum atomic E-state index is 11.3. The summed E-state index contributed by atoms with van der Waals surface area (Å²) in [6.45, 7) is 8.57. The number of rotatable bonds is 3. The molecule has 4 heteroatoms. The summed E-state index contributed by atoms with van der Waals surface area (Å²) < 4.78 is 1.56. The first-order chi connectivity index (χ1) is 9.27. The normalized spacial score (nSPS) is 11.6. The molecule has 20 heavy (non-hydrogen) atoms. The lowest BCUT2D eigenvalue weighted by molar-refractivity contribution is 0.0684. The number of aryl methyl sites for hydroxylation is 1. The van der Waals surface area contributed by atoms with Gasteiger partial charge < -0.3 is 5.11 Å². The van der Waals surface area contributed by atoms with E-state index < -0.39 is 5.97 Å². The highest BCUT2D eigenvalue weighted by molar-refractivity contribution is 5.85. The molecule has 1 aromatic heterocycles. The SMILES string of the molecule is Cc1ccc(Cn2nc(C(C)(C)C)cc2C(=O)O)cc1. The third-order valence-corrected chi connectivity index (χ3v) is 3.22. The average molecular weight is 272 g/mol. The van der Waals surface area contributed by atoms with E-state index >= 15 is 0 Å². The van der Waals surface area contributed by atoms with Crippen molar-refractivity contribution in [3.63, 3.8) is 0 Å². The molecule has 106 valence electrons. The molecular weight excluding hydrogens is 252 g/mol. The highest BCUT2D eigenvalue weighted by atomic mass is 16.4. The minimum Gasteiger partial charge on any atom is -0.477 e. The van der Waals surface area contributed by atoms with Crippen LogP contribution in [0.2, 0.25) is 0 Å². The van der Waals surface area contributed by atoms with Crippen LogP contribution in [0, 0.1) is 6.92 Å². The number of carboxylic acid groups (broad SMARTS) is 1. The Labute approximate surface area is 119 Å². The fourth-order valence-electron chi connectivity index (χ4n) is 1.94. The molecule has 0 aliphatic heterocycles. The Balaban J connectivity index is 2.37. The Morgan fingerprint density at radius 2 is 1.85 bits per heavy atom. The number of aromatic nitrogens is 2. The molecule has 0 fully saturated rings. The van der Waals surface area contributed by atoms with E-state index in [1.807, 2.05) is 52.0 Å². The summed E-state index contributed by atoms with van der Waals surface area (Å²) in [5.41, 5.74) is 3.09. The van der Waals surface area contributed by atoms with Gasteiger partial charge in [-0.25, -0.2) is 4.79 Å². The second kappa shape index (κ2) is 5.12. The van der Waals surface area contributed by atoms with Gasteiger partial charge in [-0.05, 0) is 18.6 Å². The van der Waals surface area contributed by atoms with Crippen molar-refractivity contribution in [1.29, 1.82) is 0 Å². The van der Waals surface area contributed by atoms with Crippen molar-refractivity contribution in [3.05, 3.63) is 52.8 Å². The fourth-order valence-corrected chi connectivity index (χ4v) is 1.94. The van der Waals surface area contributed by atoms with E-state index in [0.717, 1.165) is 11.3 Å². The van der Waals surface area contributed by atoms with E-state index in [4.69, 9.17) is 0 Å². The Kier molecular flexibility index (Phi) is 3.66. The lowest BCUT2D eigenvalue weighted by atomic mass is 9.92. The molecule has 0 amide bonds. The lowest BCUT2D eigenvalue weighted by Gasteiger charge is -2.14. The van der Waals surface area contributed by atoms with Crippen molar-refractivity contribution in [3.8, 4) is 0 Å². The topological polar surface area (TPSA) is 55.1 Å². The van der Waals surface area contributed by atoms with Crippen LogP contribution in [0.1, 0.15) is 48.1 Å². The van der Waals surface area contributed by atoms with Crippen LogP contribution < -0.4 is 0 Å². The van der Waals surface area contributed by atoms with E-state index in [0.29, 0.717) is 6.54 Å². The zero-order valence-corrected chi connectivity index (χ0v) is 12.3. The minimum atomic E-state index is -0.944. The van der Waals surface area contributed by atoms with Crippen LogP contribution in [0.3, 0.4) is 0 Å². The molecule has 0 atom stereocenters. The molecule has 0 unspecified atom stereocenters. The van der Waals surface area contributed by atoms with Gasteiger partial charge in [0.25, 0.3) is 0 Å². The van der Waals surface area contributed by atoms with Gasteiger partial charge in [0.15, 0.2) is 0 Å². The summed E-state index contributed by atoms with van der Waals surface area (Å²) in [5.74, 6) is -0.944. The molecule has 0 aliphatic rings. The molecule has 0 saturated carbocycles. The zero-order valence-electron chi connectivity index (χ0n) is 12.3. The van der Waals surface area contributed by atoms with Crippen LogP contribution in [0.4, 0.5) is 0 Å². The third-order valence-electron chi connectivity index (χ3n) is 3.22. The van der Waals surface area contributed by atoms with Crippen LogP contribution in [0.15, 0.2) is 30.3 Å². The standard InChI is InChI=1S/C16H20N2O2/c1-11-5-7-12(8-6-11)10-18-13(15(19)20)9-14(17-18)16(2,3)4/h5-9H,10H2,1-4H3,(H,19,20). The summed E-state index contributed by atoms with van der Waals surface area (Å²) >= 11 is 0. The number of carbonyl (C=O) groups is 1. The van der Waals surface area contributed by atoms with Crippen molar-refractivity contribution in [2.75, 3.05) is 0 Å². The van der Waals surface area contributed by atoms with E-state index in [1.54, 1.807) is 10.7 Å². The van der Waals surface area contributed by atoms with E-state index in [-0.39, 0.29) is 11.1 Å². The maximum absolute atomic E-state index is 11.3. The first-order valence-corrected chi connectivity index (χ1v) is 6.64. The van der Waals surface area contributed by atoms with Crippen LogP contribution in [0.25, 0.3) is 0 Å². The van der Waals surface area contributed by atoms with Crippen molar-refractivity contribution in [1.82, 2.24) is 9.78 Å². The van der Waals surface area contributed by atoms with Gasteiger partial charge in [-0.15, -0.1) is 0 Å². The van der Waals surface area contributed by atoms with Crippen LogP contribution >= 0.6 is 0 Å². The van der Waals surface area contributed by atoms with Crippen molar-refractivity contribution >= 4 is 5.97 Å². The van der Waals surface area contributed by atoms with Gasteiger partial charge in [-0.2, -0.15) is 5.10 Å². The fraction of sp³-hybridized carbons (Fsp3) is 0.375. The van der Waals surface area contributed by atoms with Gasteiger partial charge in [0.2, 0.25) is 0 Å². The molecule has 4 nitrogen and oxygen atoms in total. The molecular formula is C16H20N2O2. The molecule has 0 saturated heterocycles.